The minimum absolute atomic E-state index is 0.191. The van der Waals surface area contributed by atoms with Gasteiger partial charge in [-0.05, 0) is 81.0 Å². The van der Waals surface area contributed by atoms with Crippen molar-refractivity contribution < 1.29 is 9.18 Å². The number of hydrogen-bond acceptors (Lipinski definition) is 3. The van der Waals surface area contributed by atoms with E-state index in [-0.39, 0.29) is 17.6 Å². The van der Waals surface area contributed by atoms with Crippen molar-refractivity contribution in [3.05, 3.63) is 70.6 Å². The van der Waals surface area contributed by atoms with Crippen LogP contribution in [0, 0.1) is 26.6 Å². The first kappa shape index (κ1) is 21.2. The van der Waals surface area contributed by atoms with Gasteiger partial charge in [0.15, 0.2) is 0 Å². The fraction of sp³-hybridized carbons (Fsp3) is 0.400. The first-order chi connectivity index (χ1) is 14.9. The van der Waals surface area contributed by atoms with Crippen LogP contribution >= 0.6 is 0 Å². The van der Waals surface area contributed by atoms with Crippen LogP contribution in [-0.4, -0.2) is 39.1 Å². The summed E-state index contributed by atoms with van der Waals surface area (Å²) in [5.74, 6) is 0.169. The predicted octanol–water partition coefficient (Wildman–Crippen LogP) is 4.87. The molecule has 3 aromatic rings. The zero-order valence-corrected chi connectivity index (χ0v) is 18.4. The Labute approximate surface area is 182 Å². The Balaban J connectivity index is 1.47. The lowest BCUT2D eigenvalue weighted by Gasteiger charge is -2.33. The summed E-state index contributed by atoms with van der Waals surface area (Å²) in [6.45, 7) is 7.45. The average molecular weight is 421 g/mol. The van der Waals surface area contributed by atoms with E-state index in [2.05, 4.69) is 16.3 Å². The molecule has 0 radical (unpaired) electrons. The van der Waals surface area contributed by atoms with E-state index >= 15 is 0 Å². The lowest BCUT2D eigenvalue weighted by molar-refractivity contribution is -0.132. The number of benzene rings is 1. The molecule has 1 atom stereocenters. The smallest absolute Gasteiger partial charge is 0.222 e. The third-order valence-electron chi connectivity index (χ3n) is 6.21. The Morgan fingerprint density at radius 3 is 2.65 bits per heavy atom. The van der Waals surface area contributed by atoms with Crippen molar-refractivity contribution in [2.24, 2.45) is 0 Å². The first-order valence-electron chi connectivity index (χ1n) is 10.9. The standard InChI is InChI=1S/C25H29FN4O/c1-16-13-21(19-6-8-22(26)9-7-19)14-24(27-16)20-5-4-12-30(15-20)25(31)11-10-23-17(2)28-29-18(23)3/h6-9,13-14,20H,4-5,10-12,15H2,1-3H3,(H,28,29). The molecule has 31 heavy (non-hydrogen) atoms. The Bertz CT molecular complexity index is 1050. The van der Waals surface area contributed by atoms with E-state index in [0.29, 0.717) is 19.4 Å². The maximum atomic E-state index is 13.3. The van der Waals surface area contributed by atoms with Gasteiger partial charge in [-0.2, -0.15) is 5.10 Å². The number of hydrogen-bond donors (Lipinski definition) is 1. The van der Waals surface area contributed by atoms with E-state index in [1.807, 2.05) is 31.7 Å². The number of rotatable bonds is 5. The highest BCUT2D eigenvalue weighted by Gasteiger charge is 2.26. The summed E-state index contributed by atoms with van der Waals surface area (Å²) in [6.07, 6.45) is 3.20. The molecular weight excluding hydrogens is 391 g/mol. The summed E-state index contributed by atoms with van der Waals surface area (Å²) in [5, 5.41) is 7.22. The van der Waals surface area contributed by atoms with Crippen LogP contribution in [0.1, 0.15) is 53.5 Å². The number of halogens is 1. The van der Waals surface area contributed by atoms with E-state index in [1.54, 1.807) is 12.1 Å². The second-order valence-electron chi connectivity index (χ2n) is 8.52. The molecule has 0 saturated carbocycles. The number of likely N-dealkylation sites (tertiary alicyclic amines) is 1. The van der Waals surface area contributed by atoms with Crippen LogP contribution in [-0.2, 0) is 11.2 Å². The van der Waals surface area contributed by atoms with Crippen molar-refractivity contribution in [1.29, 1.82) is 0 Å². The molecule has 1 fully saturated rings. The van der Waals surface area contributed by atoms with Crippen molar-refractivity contribution >= 4 is 5.91 Å². The van der Waals surface area contributed by atoms with Crippen LogP contribution < -0.4 is 0 Å². The monoisotopic (exact) mass is 420 g/mol. The largest absolute Gasteiger partial charge is 0.342 e. The number of H-pyrrole nitrogens is 1. The number of carbonyl (C=O) groups is 1. The molecule has 2 aromatic heterocycles. The number of amides is 1. The highest BCUT2D eigenvalue weighted by molar-refractivity contribution is 5.76. The molecule has 1 amide bonds. The Morgan fingerprint density at radius 1 is 1.16 bits per heavy atom. The second-order valence-corrected chi connectivity index (χ2v) is 8.52. The lowest BCUT2D eigenvalue weighted by atomic mass is 9.92. The van der Waals surface area contributed by atoms with Gasteiger partial charge in [0, 0.05) is 42.5 Å². The fourth-order valence-electron chi connectivity index (χ4n) is 4.49. The Hall–Kier alpha value is -3.02. The van der Waals surface area contributed by atoms with Crippen molar-refractivity contribution in [1.82, 2.24) is 20.1 Å². The molecule has 1 N–H and O–H groups in total. The van der Waals surface area contributed by atoms with Gasteiger partial charge < -0.3 is 4.90 Å². The predicted molar refractivity (Wildman–Crippen MR) is 119 cm³/mol. The highest BCUT2D eigenvalue weighted by Crippen LogP contribution is 2.30. The first-order valence-corrected chi connectivity index (χ1v) is 10.9. The molecule has 162 valence electrons. The van der Waals surface area contributed by atoms with Gasteiger partial charge in [-0.25, -0.2) is 4.39 Å². The zero-order valence-electron chi connectivity index (χ0n) is 18.4. The topological polar surface area (TPSA) is 61.9 Å². The third kappa shape index (κ3) is 4.84. The molecule has 1 aliphatic heterocycles. The normalized spacial score (nSPS) is 16.5. The molecule has 0 aliphatic carbocycles. The summed E-state index contributed by atoms with van der Waals surface area (Å²) in [4.78, 5) is 19.7. The van der Waals surface area contributed by atoms with Gasteiger partial charge in [-0.3, -0.25) is 14.9 Å². The van der Waals surface area contributed by atoms with E-state index in [0.717, 1.165) is 58.9 Å². The maximum Gasteiger partial charge on any atom is 0.222 e. The minimum Gasteiger partial charge on any atom is -0.342 e. The number of aryl methyl sites for hydroxylation is 3. The van der Waals surface area contributed by atoms with Gasteiger partial charge in [0.05, 0.1) is 5.69 Å². The lowest BCUT2D eigenvalue weighted by Crippen LogP contribution is -2.39. The van der Waals surface area contributed by atoms with E-state index < -0.39 is 0 Å². The second kappa shape index (κ2) is 9.00. The average Bonchev–Trinajstić information content (AvgIpc) is 3.09. The van der Waals surface area contributed by atoms with Crippen molar-refractivity contribution in [3.63, 3.8) is 0 Å². The minimum atomic E-state index is -0.239. The quantitative estimate of drug-likeness (QED) is 0.640. The molecule has 0 bridgehead atoms. The summed E-state index contributed by atoms with van der Waals surface area (Å²) >= 11 is 0. The van der Waals surface area contributed by atoms with Gasteiger partial charge in [-0.15, -0.1) is 0 Å². The summed E-state index contributed by atoms with van der Waals surface area (Å²) in [7, 11) is 0. The Morgan fingerprint density at radius 2 is 1.94 bits per heavy atom. The van der Waals surface area contributed by atoms with E-state index in [1.165, 1.54) is 12.1 Å². The van der Waals surface area contributed by atoms with Crippen LogP contribution in [0.15, 0.2) is 36.4 Å². The molecule has 1 aromatic carbocycles. The summed E-state index contributed by atoms with van der Waals surface area (Å²) in [5.41, 5.74) is 7.12. The number of nitrogens with zero attached hydrogens (tertiary/aromatic N) is 3. The van der Waals surface area contributed by atoms with E-state index in [4.69, 9.17) is 4.98 Å². The molecule has 1 unspecified atom stereocenters. The number of carbonyl (C=O) groups excluding carboxylic acids is 1. The molecule has 1 saturated heterocycles. The molecular formula is C25H29FN4O. The van der Waals surface area contributed by atoms with Crippen molar-refractivity contribution in [3.8, 4) is 11.1 Å². The molecule has 4 rings (SSSR count). The maximum absolute atomic E-state index is 13.3. The summed E-state index contributed by atoms with van der Waals surface area (Å²) < 4.78 is 13.3. The van der Waals surface area contributed by atoms with Gasteiger partial charge in [0.25, 0.3) is 0 Å². The van der Waals surface area contributed by atoms with Gasteiger partial charge in [0.2, 0.25) is 5.91 Å². The number of piperidine rings is 1. The van der Waals surface area contributed by atoms with Crippen molar-refractivity contribution in [2.45, 2.75) is 52.4 Å². The highest BCUT2D eigenvalue weighted by atomic mass is 19.1. The third-order valence-corrected chi connectivity index (χ3v) is 6.21. The van der Waals surface area contributed by atoms with Gasteiger partial charge in [-0.1, -0.05) is 12.1 Å². The van der Waals surface area contributed by atoms with Gasteiger partial charge >= 0.3 is 0 Å². The molecule has 0 spiro atoms. The van der Waals surface area contributed by atoms with Crippen LogP contribution in [0.5, 0.6) is 0 Å². The molecule has 6 heteroatoms. The molecule has 5 nitrogen and oxygen atoms in total. The van der Waals surface area contributed by atoms with Gasteiger partial charge in [0.1, 0.15) is 5.82 Å². The number of pyridine rings is 1. The summed E-state index contributed by atoms with van der Waals surface area (Å²) in [6, 6.07) is 10.7. The zero-order chi connectivity index (χ0) is 22.0. The molecule has 3 heterocycles. The fourth-order valence-corrected chi connectivity index (χ4v) is 4.49. The van der Waals surface area contributed by atoms with Crippen LogP contribution in [0.3, 0.4) is 0 Å². The number of aromatic amines is 1. The number of aromatic nitrogens is 3. The van der Waals surface area contributed by atoms with Crippen LogP contribution in [0.4, 0.5) is 4.39 Å². The Kier molecular flexibility index (Phi) is 6.16. The van der Waals surface area contributed by atoms with E-state index in [9.17, 15) is 9.18 Å². The van der Waals surface area contributed by atoms with Crippen LogP contribution in [0.2, 0.25) is 0 Å². The van der Waals surface area contributed by atoms with Crippen molar-refractivity contribution in [2.75, 3.05) is 13.1 Å². The molecule has 1 aliphatic rings. The van der Waals surface area contributed by atoms with Crippen LogP contribution in [0.25, 0.3) is 11.1 Å². The SMILES string of the molecule is Cc1cc(-c2ccc(F)cc2)cc(C2CCCN(C(=O)CCc3c(C)n[nH]c3C)C2)n1. The number of nitrogens with one attached hydrogen (secondary N) is 1.